The van der Waals surface area contributed by atoms with E-state index in [1.165, 1.54) is 42.5 Å². The molecule has 5 rings (SSSR count). The largest absolute Gasteiger partial charge is 0.457 e. The topological polar surface area (TPSA) is 9.23 Å². The van der Waals surface area contributed by atoms with Crippen LogP contribution in [0.15, 0.2) is 136 Å². The van der Waals surface area contributed by atoms with Crippen LogP contribution in [0.25, 0.3) is 0 Å². The van der Waals surface area contributed by atoms with Crippen molar-refractivity contribution >= 4 is 23.5 Å². The van der Waals surface area contributed by atoms with Crippen LogP contribution in [-0.2, 0) is 29.1 Å². The molecule has 0 aliphatic rings. The van der Waals surface area contributed by atoms with E-state index < -0.39 is 0 Å². The van der Waals surface area contributed by atoms with Gasteiger partial charge in [0.15, 0.2) is 0 Å². The Morgan fingerprint density at radius 1 is 0.522 bits per heavy atom. The van der Waals surface area contributed by atoms with Crippen molar-refractivity contribution < 1.29 is 4.74 Å². The van der Waals surface area contributed by atoms with Gasteiger partial charge in [-0.2, -0.15) is 0 Å². The first kappa shape index (κ1) is 33.9. The third kappa shape index (κ3) is 8.30. The minimum atomic E-state index is -0.0570. The maximum Gasteiger partial charge on any atom is 0.131 e. The molecule has 0 unspecified atom stereocenters. The first-order chi connectivity index (χ1) is 21.9. The van der Waals surface area contributed by atoms with Gasteiger partial charge in [0, 0.05) is 20.2 Å². The average molecular weight is 645 g/mol. The van der Waals surface area contributed by atoms with Crippen LogP contribution in [0.5, 0.6) is 11.5 Å². The van der Waals surface area contributed by atoms with Gasteiger partial charge in [0.1, 0.15) is 11.5 Å². The molecule has 0 saturated heterocycles. The smallest absolute Gasteiger partial charge is 0.131 e. The fourth-order valence-corrected chi connectivity index (χ4v) is 8.32. The lowest BCUT2D eigenvalue weighted by Crippen LogP contribution is -2.23. The van der Waals surface area contributed by atoms with E-state index >= 15 is 0 Å². The standard InChI is InChI=1S/C43H48OS2/c1-41(2,3)35-25-23-31(27-38(35)44-33-17-11-9-12-18-33)29-43(6,7)37-26-24-32(28-40(37)45-8)30-42(4,5)36-21-15-16-22-39(36)46-34-19-13-10-14-20-34/h9-28H,29-30H2,1-8H3. The molecule has 0 aliphatic heterocycles. The number of rotatable bonds is 11. The highest BCUT2D eigenvalue weighted by molar-refractivity contribution is 7.99. The van der Waals surface area contributed by atoms with Crippen molar-refractivity contribution in [2.75, 3.05) is 6.26 Å². The van der Waals surface area contributed by atoms with Gasteiger partial charge >= 0.3 is 0 Å². The Balaban J connectivity index is 1.39. The molecule has 5 aromatic carbocycles. The van der Waals surface area contributed by atoms with Gasteiger partial charge in [-0.25, -0.2) is 0 Å². The Bertz CT molecular complexity index is 1750. The van der Waals surface area contributed by atoms with Crippen molar-refractivity contribution in [2.24, 2.45) is 0 Å². The quantitative estimate of drug-likeness (QED) is 0.132. The molecule has 0 radical (unpaired) electrons. The van der Waals surface area contributed by atoms with Gasteiger partial charge < -0.3 is 4.74 Å². The van der Waals surface area contributed by atoms with Crippen LogP contribution in [0.1, 0.15) is 76.3 Å². The Kier molecular flexibility index (Phi) is 10.4. The SMILES string of the molecule is CSc1cc(CC(C)(C)c2ccccc2Sc2ccccc2)ccc1C(C)(C)Cc1ccc(C(C)(C)C)c(Oc2ccccc2)c1. The van der Waals surface area contributed by atoms with Gasteiger partial charge in [0.25, 0.3) is 0 Å². The monoisotopic (exact) mass is 644 g/mol. The number of para-hydroxylation sites is 1. The van der Waals surface area contributed by atoms with Crippen LogP contribution in [-0.4, -0.2) is 6.26 Å². The van der Waals surface area contributed by atoms with Crippen LogP contribution in [0.4, 0.5) is 0 Å². The van der Waals surface area contributed by atoms with Crippen molar-refractivity contribution in [3.63, 3.8) is 0 Å². The summed E-state index contributed by atoms with van der Waals surface area (Å²) in [6.07, 6.45) is 4.10. The van der Waals surface area contributed by atoms with Gasteiger partial charge in [-0.05, 0) is 100 Å². The van der Waals surface area contributed by atoms with E-state index in [2.05, 4.69) is 146 Å². The van der Waals surface area contributed by atoms with Crippen molar-refractivity contribution in [3.05, 3.63) is 149 Å². The van der Waals surface area contributed by atoms with Gasteiger partial charge in [0.2, 0.25) is 0 Å². The summed E-state index contributed by atoms with van der Waals surface area (Å²) in [6, 6.07) is 43.7. The number of thioether (sulfide) groups is 1. The van der Waals surface area contributed by atoms with Crippen LogP contribution < -0.4 is 4.74 Å². The third-order valence-corrected chi connectivity index (χ3v) is 10.6. The molecular formula is C43H48OS2. The van der Waals surface area contributed by atoms with E-state index in [0.29, 0.717) is 0 Å². The van der Waals surface area contributed by atoms with E-state index in [-0.39, 0.29) is 16.2 Å². The lowest BCUT2D eigenvalue weighted by atomic mass is 9.76. The number of benzene rings is 5. The second kappa shape index (κ2) is 14.2. The summed E-state index contributed by atoms with van der Waals surface area (Å²) in [7, 11) is 0. The second-order valence-electron chi connectivity index (χ2n) is 14.6. The minimum Gasteiger partial charge on any atom is -0.457 e. The zero-order valence-corrected chi connectivity index (χ0v) is 30.3. The molecule has 0 aromatic heterocycles. The number of hydrogen-bond donors (Lipinski definition) is 0. The first-order valence-corrected chi connectivity index (χ1v) is 18.3. The first-order valence-electron chi connectivity index (χ1n) is 16.2. The van der Waals surface area contributed by atoms with Crippen LogP contribution in [0.2, 0.25) is 0 Å². The summed E-state index contributed by atoms with van der Waals surface area (Å²) in [4.78, 5) is 3.96. The molecule has 3 heteroatoms. The molecule has 238 valence electrons. The van der Waals surface area contributed by atoms with Crippen LogP contribution in [0, 0.1) is 0 Å². The number of ether oxygens (including phenoxy) is 1. The second-order valence-corrected chi connectivity index (χ2v) is 16.5. The summed E-state index contributed by atoms with van der Waals surface area (Å²) < 4.78 is 6.48. The molecule has 0 aliphatic carbocycles. The highest BCUT2D eigenvalue weighted by Gasteiger charge is 2.28. The Morgan fingerprint density at radius 2 is 1.04 bits per heavy atom. The molecule has 46 heavy (non-hydrogen) atoms. The predicted octanol–water partition coefficient (Wildman–Crippen LogP) is 12.7. The summed E-state index contributed by atoms with van der Waals surface area (Å²) in [5, 5.41) is 0. The molecule has 0 heterocycles. The van der Waals surface area contributed by atoms with Crippen molar-refractivity contribution in [1.82, 2.24) is 0 Å². The Labute approximate surface area is 286 Å². The third-order valence-electron chi connectivity index (χ3n) is 8.70. The maximum atomic E-state index is 6.48. The van der Waals surface area contributed by atoms with E-state index in [1.807, 2.05) is 53.9 Å². The molecule has 1 nitrogen and oxygen atoms in total. The van der Waals surface area contributed by atoms with E-state index in [9.17, 15) is 0 Å². The molecule has 0 spiro atoms. The summed E-state index contributed by atoms with van der Waals surface area (Å²) in [6.45, 7) is 16.2. The maximum absolute atomic E-state index is 6.48. The molecule has 0 amide bonds. The fourth-order valence-electron chi connectivity index (χ4n) is 6.34. The van der Waals surface area contributed by atoms with E-state index in [4.69, 9.17) is 4.74 Å². The Morgan fingerprint density at radius 3 is 1.65 bits per heavy atom. The van der Waals surface area contributed by atoms with Gasteiger partial charge in [-0.3, -0.25) is 0 Å². The normalized spacial score (nSPS) is 12.3. The van der Waals surface area contributed by atoms with Crippen molar-refractivity contribution in [3.8, 4) is 11.5 Å². The van der Waals surface area contributed by atoms with E-state index in [0.717, 1.165) is 24.3 Å². The molecule has 0 fully saturated rings. The van der Waals surface area contributed by atoms with E-state index in [1.54, 1.807) is 0 Å². The number of hydrogen-bond acceptors (Lipinski definition) is 3. The lowest BCUT2D eigenvalue weighted by molar-refractivity contribution is 0.452. The molecule has 0 N–H and O–H groups in total. The summed E-state index contributed by atoms with van der Waals surface area (Å²) in [5.41, 5.74) is 6.58. The van der Waals surface area contributed by atoms with Crippen molar-refractivity contribution in [2.45, 2.75) is 92.2 Å². The van der Waals surface area contributed by atoms with Crippen LogP contribution >= 0.6 is 23.5 Å². The molecule has 0 bridgehead atoms. The average Bonchev–Trinajstić information content (AvgIpc) is 3.01. The summed E-state index contributed by atoms with van der Waals surface area (Å²) in [5.74, 6) is 1.81. The highest BCUT2D eigenvalue weighted by Crippen LogP contribution is 2.41. The minimum absolute atomic E-state index is 0.0188. The highest BCUT2D eigenvalue weighted by atomic mass is 32.2. The zero-order valence-electron chi connectivity index (χ0n) is 28.7. The molecular weight excluding hydrogens is 597 g/mol. The molecule has 0 atom stereocenters. The van der Waals surface area contributed by atoms with Crippen molar-refractivity contribution in [1.29, 1.82) is 0 Å². The zero-order chi connectivity index (χ0) is 33.0. The molecule has 5 aromatic rings. The molecule has 0 saturated carbocycles. The fraction of sp³-hybridized carbons (Fsp3) is 0.302. The lowest BCUT2D eigenvalue weighted by Gasteiger charge is -2.31. The van der Waals surface area contributed by atoms with Gasteiger partial charge in [-0.15, -0.1) is 11.8 Å². The Hall–Kier alpha value is -3.40. The summed E-state index contributed by atoms with van der Waals surface area (Å²) >= 11 is 3.71. The van der Waals surface area contributed by atoms with Gasteiger partial charge in [-0.1, -0.05) is 139 Å². The van der Waals surface area contributed by atoms with Gasteiger partial charge in [0.05, 0.1) is 0 Å². The predicted molar refractivity (Wildman–Crippen MR) is 200 cm³/mol. The van der Waals surface area contributed by atoms with Crippen LogP contribution in [0.3, 0.4) is 0 Å².